The zero-order valence-electron chi connectivity index (χ0n) is 10.6. The second-order valence-corrected chi connectivity index (χ2v) is 4.39. The molecule has 0 unspecified atom stereocenters. The number of imidazole rings is 1. The van der Waals surface area contributed by atoms with Crippen molar-refractivity contribution in [2.24, 2.45) is 0 Å². The summed E-state index contributed by atoms with van der Waals surface area (Å²) in [5.41, 5.74) is 1.88. The fraction of sp³-hybridized carbons (Fsp3) is 0. The molecule has 0 amide bonds. The first-order valence-corrected chi connectivity index (χ1v) is 6.18. The van der Waals surface area contributed by atoms with E-state index in [1.165, 1.54) is 6.20 Å². The lowest BCUT2D eigenvalue weighted by Crippen LogP contribution is -2.01. The molecule has 0 atom stereocenters. The summed E-state index contributed by atoms with van der Waals surface area (Å²) in [6.07, 6.45) is 1.53. The number of phenolic OH excluding ortho intramolecular Hbond substituents is 1. The van der Waals surface area contributed by atoms with Crippen LogP contribution in [0.2, 0.25) is 0 Å². The number of carbonyl (C=O) groups excluding carboxylic acids is 1. The van der Waals surface area contributed by atoms with Gasteiger partial charge < -0.3 is 10.1 Å². The predicted molar refractivity (Wildman–Crippen MR) is 75.6 cm³/mol. The molecule has 0 aliphatic rings. The van der Waals surface area contributed by atoms with E-state index in [1.807, 2.05) is 18.2 Å². The number of ketones is 1. The third kappa shape index (κ3) is 2.31. The molecule has 3 aromatic rings. The minimum atomic E-state index is -0.0943. The average molecular weight is 264 g/mol. The van der Waals surface area contributed by atoms with Crippen molar-refractivity contribution in [3.8, 4) is 17.1 Å². The normalized spacial score (nSPS) is 10.4. The molecule has 2 aromatic carbocycles. The summed E-state index contributed by atoms with van der Waals surface area (Å²) in [5, 5.41) is 9.26. The van der Waals surface area contributed by atoms with Crippen molar-refractivity contribution < 1.29 is 9.90 Å². The van der Waals surface area contributed by atoms with Crippen LogP contribution in [0.4, 0.5) is 0 Å². The number of phenols is 1. The molecule has 0 aliphatic carbocycles. The number of rotatable bonds is 3. The lowest BCUT2D eigenvalue weighted by atomic mass is 10.1. The van der Waals surface area contributed by atoms with Gasteiger partial charge in [-0.15, -0.1) is 0 Å². The van der Waals surface area contributed by atoms with E-state index in [0.29, 0.717) is 17.1 Å². The summed E-state index contributed by atoms with van der Waals surface area (Å²) < 4.78 is 0. The Labute approximate surface area is 115 Å². The zero-order valence-corrected chi connectivity index (χ0v) is 10.6. The first-order valence-electron chi connectivity index (χ1n) is 6.18. The maximum atomic E-state index is 12.2. The largest absolute Gasteiger partial charge is 0.508 e. The van der Waals surface area contributed by atoms with Gasteiger partial charge in [0.15, 0.2) is 0 Å². The smallest absolute Gasteiger partial charge is 0.210 e. The van der Waals surface area contributed by atoms with Crippen LogP contribution in [-0.4, -0.2) is 20.9 Å². The van der Waals surface area contributed by atoms with E-state index in [2.05, 4.69) is 9.97 Å². The molecular weight excluding hydrogens is 252 g/mol. The molecule has 4 heteroatoms. The molecule has 0 radical (unpaired) electrons. The van der Waals surface area contributed by atoms with E-state index in [1.54, 1.807) is 36.4 Å². The fourth-order valence-electron chi connectivity index (χ4n) is 1.95. The number of aromatic amines is 1. The van der Waals surface area contributed by atoms with Gasteiger partial charge in [-0.05, 0) is 24.3 Å². The number of hydrogen-bond donors (Lipinski definition) is 2. The summed E-state index contributed by atoms with van der Waals surface area (Å²) >= 11 is 0. The molecule has 20 heavy (non-hydrogen) atoms. The quantitative estimate of drug-likeness (QED) is 0.715. The van der Waals surface area contributed by atoms with Crippen LogP contribution in [0, 0.1) is 0 Å². The monoisotopic (exact) mass is 264 g/mol. The first kappa shape index (κ1) is 12.2. The molecule has 3 rings (SSSR count). The highest BCUT2D eigenvalue weighted by Crippen LogP contribution is 2.19. The fourth-order valence-corrected chi connectivity index (χ4v) is 1.95. The Bertz CT molecular complexity index is 731. The number of benzene rings is 2. The molecule has 4 nitrogen and oxygen atoms in total. The van der Waals surface area contributed by atoms with Crippen LogP contribution in [0.5, 0.6) is 5.75 Å². The highest BCUT2D eigenvalue weighted by molar-refractivity contribution is 6.07. The number of nitrogens with zero attached hydrogens (tertiary/aromatic N) is 1. The van der Waals surface area contributed by atoms with Gasteiger partial charge in [0.2, 0.25) is 5.78 Å². The summed E-state index contributed by atoms with van der Waals surface area (Å²) in [6, 6.07) is 15.7. The molecule has 0 bridgehead atoms. The number of hydrogen-bond acceptors (Lipinski definition) is 3. The highest BCUT2D eigenvalue weighted by Gasteiger charge is 2.12. The SMILES string of the molecule is O=C(c1ccccc1)c1cnc(-c2ccc(O)cc2)[nH]1. The lowest BCUT2D eigenvalue weighted by molar-refractivity contribution is 0.103. The summed E-state index contributed by atoms with van der Waals surface area (Å²) in [7, 11) is 0. The zero-order chi connectivity index (χ0) is 13.9. The lowest BCUT2D eigenvalue weighted by Gasteiger charge is -1.98. The van der Waals surface area contributed by atoms with Crippen molar-refractivity contribution in [2.45, 2.75) is 0 Å². The van der Waals surface area contributed by atoms with Crippen LogP contribution >= 0.6 is 0 Å². The third-order valence-corrected chi connectivity index (χ3v) is 3.00. The number of nitrogens with one attached hydrogen (secondary N) is 1. The van der Waals surface area contributed by atoms with Gasteiger partial charge in [0, 0.05) is 11.1 Å². The van der Waals surface area contributed by atoms with Crippen LogP contribution in [0.3, 0.4) is 0 Å². The van der Waals surface area contributed by atoms with E-state index in [0.717, 1.165) is 5.56 Å². The van der Waals surface area contributed by atoms with Crippen molar-refractivity contribution in [2.75, 3.05) is 0 Å². The van der Waals surface area contributed by atoms with Gasteiger partial charge in [-0.1, -0.05) is 30.3 Å². The molecule has 1 heterocycles. The van der Waals surface area contributed by atoms with E-state index in [-0.39, 0.29) is 11.5 Å². The molecular formula is C16H12N2O2. The number of carbonyl (C=O) groups is 1. The number of H-pyrrole nitrogens is 1. The molecule has 0 saturated carbocycles. The number of aromatic hydroxyl groups is 1. The van der Waals surface area contributed by atoms with Crippen LogP contribution in [-0.2, 0) is 0 Å². The average Bonchev–Trinajstić information content (AvgIpc) is 2.98. The Morgan fingerprint density at radius 1 is 1.00 bits per heavy atom. The Morgan fingerprint density at radius 2 is 1.70 bits per heavy atom. The van der Waals surface area contributed by atoms with Gasteiger partial charge >= 0.3 is 0 Å². The van der Waals surface area contributed by atoms with Crippen LogP contribution in [0.15, 0.2) is 60.8 Å². The maximum Gasteiger partial charge on any atom is 0.210 e. The van der Waals surface area contributed by atoms with Crippen LogP contribution in [0.1, 0.15) is 16.1 Å². The Balaban J connectivity index is 1.91. The summed E-state index contributed by atoms with van der Waals surface area (Å²) in [5.74, 6) is 0.702. The maximum absolute atomic E-state index is 12.2. The second kappa shape index (κ2) is 5.01. The van der Waals surface area contributed by atoms with Gasteiger partial charge in [0.25, 0.3) is 0 Å². The molecule has 0 spiro atoms. The first-order chi connectivity index (χ1) is 9.74. The van der Waals surface area contributed by atoms with Crippen molar-refractivity contribution >= 4 is 5.78 Å². The standard InChI is InChI=1S/C16H12N2O2/c19-13-8-6-12(7-9-13)16-17-10-14(18-16)15(20)11-4-2-1-3-5-11/h1-10,19H,(H,17,18). The van der Waals surface area contributed by atoms with Gasteiger partial charge in [0.05, 0.1) is 6.20 Å². The number of aromatic nitrogens is 2. The van der Waals surface area contributed by atoms with Crippen LogP contribution < -0.4 is 0 Å². The predicted octanol–water partition coefficient (Wildman–Crippen LogP) is 3.01. The van der Waals surface area contributed by atoms with E-state index in [4.69, 9.17) is 0 Å². The van der Waals surface area contributed by atoms with Crippen molar-refractivity contribution in [3.05, 3.63) is 72.1 Å². The molecule has 1 aromatic heterocycles. The van der Waals surface area contributed by atoms with Crippen LogP contribution in [0.25, 0.3) is 11.4 Å². The molecule has 0 fully saturated rings. The topological polar surface area (TPSA) is 66.0 Å². The Morgan fingerprint density at radius 3 is 2.40 bits per heavy atom. The van der Waals surface area contributed by atoms with Gasteiger partial charge in [-0.3, -0.25) is 4.79 Å². The molecule has 0 aliphatic heterocycles. The molecule has 0 saturated heterocycles. The van der Waals surface area contributed by atoms with Gasteiger partial charge in [-0.25, -0.2) is 4.98 Å². The summed E-state index contributed by atoms with van der Waals surface area (Å²) in [6.45, 7) is 0. The Hall–Kier alpha value is -2.88. The summed E-state index contributed by atoms with van der Waals surface area (Å²) in [4.78, 5) is 19.4. The van der Waals surface area contributed by atoms with Crippen molar-refractivity contribution in [1.82, 2.24) is 9.97 Å². The van der Waals surface area contributed by atoms with Crippen molar-refractivity contribution in [1.29, 1.82) is 0 Å². The van der Waals surface area contributed by atoms with Crippen molar-refractivity contribution in [3.63, 3.8) is 0 Å². The van der Waals surface area contributed by atoms with Gasteiger partial charge in [-0.2, -0.15) is 0 Å². The minimum Gasteiger partial charge on any atom is -0.508 e. The molecule has 2 N–H and O–H groups in total. The minimum absolute atomic E-state index is 0.0943. The van der Waals surface area contributed by atoms with E-state index < -0.39 is 0 Å². The van der Waals surface area contributed by atoms with E-state index >= 15 is 0 Å². The third-order valence-electron chi connectivity index (χ3n) is 3.00. The van der Waals surface area contributed by atoms with E-state index in [9.17, 15) is 9.90 Å². The Kier molecular flexibility index (Phi) is 3.05. The highest BCUT2D eigenvalue weighted by atomic mass is 16.3. The van der Waals surface area contributed by atoms with Gasteiger partial charge in [0.1, 0.15) is 17.3 Å². The second-order valence-electron chi connectivity index (χ2n) is 4.39. The molecule has 98 valence electrons.